The van der Waals surface area contributed by atoms with Crippen molar-refractivity contribution in [2.45, 2.75) is 37.2 Å². The number of thiophene rings is 1. The van der Waals surface area contributed by atoms with Crippen LogP contribution in [0.2, 0.25) is 15.1 Å². The summed E-state index contributed by atoms with van der Waals surface area (Å²) in [6.07, 6.45) is 0.700. The first kappa shape index (κ1) is 25.5. The van der Waals surface area contributed by atoms with Crippen LogP contribution >= 0.6 is 46.1 Å². The van der Waals surface area contributed by atoms with Gasteiger partial charge in [-0.05, 0) is 79.2 Å². The van der Waals surface area contributed by atoms with Gasteiger partial charge in [-0.15, -0.1) is 11.3 Å². The summed E-state index contributed by atoms with van der Waals surface area (Å²) in [6, 6.07) is 12.3. The maximum Gasteiger partial charge on any atom is 0.243 e. The van der Waals surface area contributed by atoms with Crippen LogP contribution in [0.4, 0.5) is 0 Å². The van der Waals surface area contributed by atoms with E-state index in [4.69, 9.17) is 34.8 Å². The van der Waals surface area contributed by atoms with E-state index in [0.717, 1.165) is 11.1 Å². The van der Waals surface area contributed by atoms with E-state index in [1.807, 2.05) is 17.5 Å². The average Bonchev–Trinajstić information content (AvgIpc) is 3.26. The van der Waals surface area contributed by atoms with Crippen molar-refractivity contribution in [3.05, 3.63) is 85.0 Å². The SMILES string of the molecule is CC(C)N(CC(=O)N1CCc2sccc2C1c1ccc(Cl)cc1Cl)S(=O)(=O)c1ccc(Cl)cc1. The Bertz CT molecular complexity index is 1310. The number of hydrogen-bond acceptors (Lipinski definition) is 4. The standard InChI is InChI=1S/C24H23Cl3N2O3S2/c1-15(2)29(34(31,32)18-6-3-16(25)4-7-18)14-23(30)28-11-9-22-20(10-12-33-22)24(28)19-8-5-17(26)13-21(19)27/h3-8,10,12-13,15,24H,9,11,14H2,1-2H3. The smallest absolute Gasteiger partial charge is 0.243 e. The molecule has 1 atom stereocenters. The van der Waals surface area contributed by atoms with Gasteiger partial charge in [-0.2, -0.15) is 4.31 Å². The lowest BCUT2D eigenvalue weighted by Crippen LogP contribution is -2.48. The maximum absolute atomic E-state index is 13.7. The Morgan fingerprint density at radius 1 is 1.06 bits per heavy atom. The molecule has 2 aromatic carbocycles. The zero-order valence-electron chi connectivity index (χ0n) is 18.5. The third-order valence-electron chi connectivity index (χ3n) is 5.83. The Labute approximate surface area is 218 Å². The largest absolute Gasteiger partial charge is 0.330 e. The van der Waals surface area contributed by atoms with Crippen molar-refractivity contribution in [3.63, 3.8) is 0 Å². The number of carbonyl (C=O) groups is 1. The first-order valence-corrected chi connectivity index (χ1v) is 14.1. The van der Waals surface area contributed by atoms with Gasteiger partial charge in [0.25, 0.3) is 0 Å². The Hall–Kier alpha value is -1.61. The molecule has 5 nitrogen and oxygen atoms in total. The van der Waals surface area contributed by atoms with Gasteiger partial charge >= 0.3 is 0 Å². The monoisotopic (exact) mass is 556 g/mol. The van der Waals surface area contributed by atoms with Gasteiger partial charge in [-0.1, -0.05) is 40.9 Å². The molecule has 1 amide bonds. The fraction of sp³-hybridized carbons (Fsp3) is 0.292. The first-order valence-electron chi connectivity index (χ1n) is 10.7. The van der Waals surface area contributed by atoms with Crippen LogP contribution < -0.4 is 0 Å². The molecule has 1 aliphatic rings. The van der Waals surface area contributed by atoms with Crippen LogP contribution in [-0.2, 0) is 21.2 Å². The van der Waals surface area contributed by atoms with Crippen LogP contribution in [0.15, 0.2) is 58.8 Å². The Morgan fingerprint density at radius 2 is 1.74 bits per heavy atom. The summed E-state index contributed by atoms with van der Waals surface area (Å²) in [5.41, 5.74) is 1.76. The van der Waals surface area contributed by atoms with E-state index >= 15 is 0 Å². The van der Waals surface area contributed by atoms with Gasteiger partial charge in [0.2, 0.25) is 15.9 Å². The lowest BCUT2D eigenvalue weighted by atomic mass is 9.93. The molecule has 1 aromatic heterocycles. The van der Waals surface area contributed by atoms with Crippen LogP contribution in [0, 0.1) is 0 Å². The molecule has 0 N–H and O–H groups in total. The van der Waals surface area contributed by atoms with Gasteiger partial charge in [-0.3, -0.25) is 4.79 Å². The molecule has 2 heterocycles. The Kier molecular flexibility index (Phi) is 7.62. The van der Waals surface area contributed by atoms with E-state index in [1.54, 1.807) is 42.2 Å². The number of sulfonamides is 1. The fourth-order valence-corrected chi connectivity index (χ4v) is 7.28. The number of benzene rings is 2. The summed E-state index contributed by atoms with van der Waals surface area (Å²) in [5, 5.41) is 3.41. The van der Waals surface area contributed by atoms with Crippen molar-refractivity contribution < 1.29 is 13.2 Å². The molecule has 0 radical (unpaired) electrons. The number of carbonyl (C=O) groups excluding carboxylic acids is 1. The molecule has 34 heavy (non-hydrogen) atoms. The van der Waals surface area contributed by atoms with Crippen LogP contribution in [0.1, 0.15) is 35.9 Å². The quantitative estimate of drug-likeness (QED) is 0.358. The second-order valence-electron chi connectivity index (χ2n) is 8.30. The number of halogens is 3. The highest BCUT2D eigenvalue weighted by Gasteiger charge is 2.37. The number of amides is 1. The number of fused-ring (bicyclic) bond motifs is 1. The van der Waals surface area contributed by atoms with Gasteiger partial charge in [0.1, 0.15) is 0 Å². The highest BCUT2D eigenvalue weighted by atomic mass is 35.5. The van der Waals surface area contributed by atoms with E-state index < -0.39 is 22.1 Å². The van der Waals surface area contributed by atoms with Crippen molar-refractivity contribution >= 4 is 62.1 Å². The molecule has 4 rings (SSSR count). The second-order valence-corrected chi connectivity index (χ2v) is 12.5. The third-order valence-corrected chi connectivity index (χ3v) is 9.68. The van der Waals surface area contributed by atoms with Crippen molar-refractivity contribution in [1.29, 1.82) is 0 Å². The van der Waals surface area contributed by atoms with Gasteiger partial charge in [-0.25, -0.2) is 8.42 Å². The van der Waals surface area contributed by atoms with Crippen LogP contribution in [0.3, 0.4) is 0 Å². The molecule has 1 unspecified atom stereocenters. The average molecular weight is 558 g/mol. The maximum atomic E-state index is 13.7. The van der Waals surface area contributed by atoms with Gasteiger partial charge < -0.3 is 4.90 Å². The van der Waals surface area contributed by atoms with Gasteiger partial charge in [0.05, 0.1) is 17.5 Å². The minimum Gasteiger partial charge on any atom is -0.330 e. The van der Waals surface area contributed by atoms with Gasteiger partial charge in [0.15, 0.2) is 0 Å². The molecular weight excluding hydrogens is 535 g/mol. The first-order chi connectivity index (χ1) is 16.1. The summed E-state index contributed by atoms with van der Waals surface area (Å²) in [5.74, 6) is -0.292. The molecule has 10 heteroatoms. The van der Waals surface area contributed by atoms with Crippen LogP contribution in [0.5, 0.6) is 0 Å². The summed E-state index contributed by atoms with van der Waals surface area (Å²) in [7, 11) is -3.91. The van der Waals surface area contributed by atoms with Crippen molar-refractivity contribution in [2.24, 2.45) is 0 Å². The molecule has 0 saturated carbocycles. The molecular formula is C24H23Cl3N2O3S2. The summed E-state index contributed by atoms with van der Waals surface area (Å²) < 4.78 is 28.0. The molecule has 0 saturated heterocycles. The topological polar surface area (TPSA) is 57.7 Å². The predicted octanol–water partition coefficient (Wildman–Crippen LogP) is 6.28. The lowest BCUT2D eigenvalue weighted by Gasteiger charge is -2.38. The Morgan fingerprint density at radius 3 is 2.38 bits per heavy atom. The molecule has 0 bridgehead atoms. The van der Waals surface area contributed by atoms with E-state index in [2.05, 4.69) is 0 Å². The number of hydrogen-bond donors (Lipinski definition) is 0. The van der Waals surface area contributed by atoms with E-state index in [-0.39, 0.29) is 17.3 Å². The van der Waals surface area contributed by atoms with Gasteiger partial charge in [0, 0.05) is 32.5 Å². The summed E-state index contributed by atoms with van der Waals surface area (Å²) >= 11 is 20.2. The number of nitrogens with zero attached hydrogens (tertiary/aromatic N) is 2. The second kappa shape index (κ2) is 10.2. The lowest BCUT2D eigenvalue weighted by molar-refractivity contribution is -0.133. The molecule has 3 aromatic rings. The highest BCUT2D eigenvalue weighted by Crippen LogP contribution is 2.41. The fourth-order valence-electron chi connectivity index (χ4n) is 4.15. The van der Waals surface area contributed by atoms with Crippen molar-refractivity contribution in [2.75, 3.05) is 13.1 Å². The zero-order chi connectivity index (χ0) is 24.6. The van der Waals surface area contributed by atoms with Crippen molar-refractivity contribution in [3.8, 4) is 0 Å². The Balaban J connectivity index is 1.69. The van der Waals surface area contributed by atoms with E-state index in [1.165, 1.54) is 33.4 Å². The summed E-state index contributed by atoms with van der Waals surface area (Å²) in [6.45, 7) is 3.68. The molecule has 0 aliphatic carbocycles. The molecule has 1 aliphatic heterocycles. The summed E-state index contributed by atoms with van der Waals surface area (Å²) in [4.78, 5) is 16.7. The van der Waals surface area contributed by atoms with Crippen LogP contribution in [0.25, 0.3) is 0 Å². The number of rotatable bonds is 6. The molecule has 0 spiro atoms. The zero-order valence-corrected chi connectivity index (χ0v) is 22.4. The van der Waals surface area contributed by atoms with E-state index in [9.17, 15) is 13.2 Å². The normalized spacial score (nSPS) is 16.2. The minimum atomic E-state index is -3.91. The van der Waals surface area contributed by atoms with Crippen molar-refractivity contribution in [1.82, 2.24) is 9.21 Å². The third kappa shape index (κ3) is 5.01. The van der Waals surface area contributed by atoms with Crippen LogP contribution in [-0.4, -0.2) is 42.7 Å². The van der Waals surface area contributed by atoms with E-state index in [0.29, 0.717) is 28.0 Å². The minimum absolute atomic E-state index is 0.0921. The highest BCUT2D eigenvalue weighted by molar-refractivity contribution is 7.89. The molecule has 0 fully saturated rings. The molecule has 180 valence electrons. The predicted molar refractivity (Wildman–Crippen MR) is 139 cm³/mol.